The summed E-state index contributed by atoms with van der Waals surface area (Å²) in [6.07, 6.45) is 12.3. The average molecular weight is 643 g/mol. The molecule has 3 N–H and O–H groups in total. The summed E-state index contributed by atoms with van der Waals surface area (Å²) >= 11 is 0. The molecule has 47 heavy (non-hydrogen) atoms. The van der Waals surface area contributed by atoms with Crippen molar-refractivity contribution in [1.82, 2.24) is 10.6 Å². The molecule has 0 heterocycles. The third-order valence-corrected chi connectivity index (χ3v) is 15.3. The van der Waals surface area contributed by atoms with Crippen LogP contribution in [0.5, 0.6) is 0 Å². The number of nitrogens with one attached hydrogen (secondary N) is 2. The Kier molecular flexibility index (Phi) is 8.40. The molecule has 1 aromatic carbocycles. The fourth-order valence-corrected chi connectivity index (χ4v) is 13.0. The van der Waals surface area contributed by atoms with E-state index in [2.05, 4.69) is 64.8 Å². The van der Waals surface area contributed by atoms with Crippen LogP contribution in [0, 0.1) is 56.7 Å². The number of rotatable bonds is 7. The van der Waals surface area contributed by atoms with Gasteiger partial charge in [0.25, 0.3) is 0 Å². The van der Waals surface area contributed by atoms with E-state index < -0.39 is 5.97 Å². The Morgan fingerprint density at radius 2 is 1.51 bits per heavy atom. The highest BCUT2D eigenvalue weighted by Gasteiger charge is 2.71. The van der Waals surface area contributed by atoms with Crippen molar-refractivity contribution in [2.75, 3.05) is 13.1 Å². The topological polar surface area (TPSA) is 95.5 Å². The molecule has 4 fully saturated rings. The van der Waals surface area contributed by atoms with E-state index in [0.29, 0.717) is 48.2 Å². The summed E-state index contributed by atoms with van der Waals surface area (Å²) in [7, 11) is 0. The van der Waals surface area contributed by atoms with Crippen LogP contribution in [0.2, 0.25) is 0 Å². The smallest absolute Gasteiger partial charge is 0.335 e. The average Bonchev–Trinajstić information content (AvgIpc) is 3.41. The predicted octanol–water partition coefficient (Wildman–Crippen LogP) is 8.29. The zero-order valence-corrected chi connectivity index (χ0v) is 29.9. The molecule has 256 valence electrons. The molecular weight excluding hydrogens is 584 g/mol. The van der Waals surface area contributed by atoms with Crippen LogP contribution < -0.4 is 10.6 Å². The van der Waals surface area contributed by atoms with Crippen LogP contribution in [0.4, 0.5) is 0 Å². The lowest BCUT2D eigenvalue weighted by Crippen LogP contribution is -2.66. The van der Waals surface area contributed by atoms with Crippen molar-refractivity contribution in [3.05, 3.63) is 53.6 Å². The van der Waals surface area contributed by atoms with Crippen molar-refractivity contribution in [3.63, 3.8) is 0 Å². The lowest BCUT2D eigenvalue weighted by Gasteiger charge is -2.72. The van der Waals surface area contributed by atoms with Gasteiger partial charge in [-0.2, -0.15) is 0 Å². The second-order valence-electron chi connectivity index (χ2n) is 17.5. The summed E-state index contributed by atoms with van der Waals surface area (Å²) in [5.74, 6) is 1.56. The first-order chi connectivity index (χ1) is 22.0. The molecule has 0 aliphatic heterocycles. The number of carbonyl (C=O) groups excluding carboxylic acids is 2. The Hall–Kier alpha value is -2.89. The van der Waals surface area contributed by atoms with Gasteiger partial charge >= 0.3 is 5.97 Å². The number of allylic oxidation sites excluding steroid dienone is 3. The van der Waals surface area contributed by atoms with Crippen molar-refractivity contribution in [3.8, 4) is 0 Å². The van der Waals surface area contributed by atoms with E-state index in [0.717, 1.165) is 37.7 Å². The van der Waals surface area contributed by atoms with Crippen LogP contribution in [0.3, 0.4) is 0 Å². The van der Waals surface area contributed by atoms with Gasteiger partial charge in [-0.15, -0.1) is 0 Å². The number of carboxylic acids is 1. The summed E-state index contributed by atoms with van der Waals surface area (Å²) in [5.41, 5.74) is 4.21. The Morgan fingerprint density at radius 1 is 0.830 bits per heavy atom. The standard InChI is InChI=1S/C41H58N2O4/c1-25(2)29-15-20-41(36(47)43-24-23-42-26(3)44)22-21-39(7)31(34(29)41)13-14-33-38(6)18-16-30(27-9-11-28(12-10-27)35(45)46)37(4,5)32(38)17-19-40(33,39)8/h9-12,16,29,31-34H,1,13-15,17-24H2,2-8H3,(H,42,44)(H,43,47)(H,45,46). The van der Waals surface area contributed by atoms with Crippen LogP contribution >= 0.6 is 0 Å². The highest BCUT2D eigenvalue weighted by molar-refractivity contribution is 5.88. The highest BCUT2D eigenvalue weighted by atomic mass is 16.4. The normalized spacial score (nSPS) is 40.1. The van der Waals surface area contributed by atoms with Crippen LogP contribution in [-0.4, -0.2) is 36.0 Å². The summed E-state index contributed by atoms with van der Waals surface area (Å²) in [4.78, 5) is 37.1. The molecule has 0 radical (unpaired) electrons. The zero-order valence-electron chi connectivity index (χ0n) is 29.9. The van der Waals surface area contributed by atoms with Gasteiger partial charge in [-0.3, -0.25) is 9.59 Å². The molecule has 4 saturated carbocycles. The Balaban J connectivity index is 1.31. The number of benzene rings is 1. The molecule has 0 saturated heterocycles. The third-order valence-electron chi connectivity index (χ3n) is 15.3. The molecule has 9 atom stereocenters. The number of amides is 2. The molecule has 6 heteroatoms. The van der Waals surface area contributed by atoms with Gasteiger partial charge in [0.2, 0.25) is 11.8 Å². The van der Waals surface area contributed by atoms with Crippen molar-refractivity contribution in [1.29, 1.82) is 0 Å². The summed E-state index contributed by atoms with van der Waals surface area (Å²) in [5, 5.41) is 15.6. The van der Waals surface area contributed by atoms with Crippen LogP contribution in [0.1, 0.15) is 122 Å². The van der Waals surface area contributed by atoms with E-state index in [4.69, 9.17) is 0 Å². The van der Waals surface area contributed by atoms with Gasteiger partial charge in [0.05, 0.1) is 11.0 Å². The monoisotopic (exact) mass is 642 g/mol. The van der Waals surface area contributed by atoms with Crippen molar-refractivity contribution in [2.45, 2.75) is 106 Å². The van der Waals surface area contributed by atoms with Gasteiger partial charge < -0.3 is 15.7 Å². The first-order valence-corrected chi connectivity index (χ1v) is 18.3. The summed E-state index contributed by atoms with van der Waals surface area (Å²) in [6.45, 7) is 21.8. The maximum Gasteiger partial charge on any atom is 0.335 e. The van der Waals surface area contributed by atoms with Gasteiger partial charge in [0, 0.05) is 20.0 Å². The van der Waals surface area contributed by atoms with Gasteiger partial charge in [-0.05, 0) is 139 Å². The Bertz CT molecular complexity index is 1490. The minimum atomic E-state index is -0.883. The van der Waals surface area contributed by atoms with E-state index in [1.54, 1.807) is 12.1 Å². The van der Waals surface area contributed by atoms with E-state index >= 15 is 0 Å². The maximum atomic E-state index is 14.2. The molecule has 0 aromatic heterocycles. The molecule has 0 bridgehead atoms. The maximum absolute atomic E-state index is 14.2. The van der Waals surface area contributed by atoms with Crippen molar-refractivity contribution < 1.29 is 19.5 Å². The Morgan fingerprint density at radius 3 is 2.15 bits per heavy atom. The van der Waals surface area contributed by atoms with Crippen LogP contribution in [0.15, 0.2) is 42.5 Å². The molecule has 5 aliphatic carbocycles. The van der Waals surface area contributed by atoms with E-state index in [-0.39, 0.29) is 38.9 Å². The first kappa shape index (κ1) is 34.0. The lowest BCUT2D eigenvalue weighted by atomic mass is 9.32. The number of carboxylic acid groups (broad SMARTS) is 1. The van der Waals surface area contributed by atoms with Crippen molar-refractivity contribution >= 4 is 23.4 Å². The fraction of sp³-hybridized carbons (Fsp3) is 0.683. The second-order valence-corrected chi connectivity index (χ2v) is 17.5. The number of hydrogen-bond acceptors (Lipinski definition) is 3. The molecule has 6 nitrogen and oxygen atoms in total. The summed E-state index contributed by atoms with van der Waals surface area (Å²) in [6, 6.07) is 7.50. The van der Waals surface area contributed by atoms with E-state index in [1.807, 2.05) is 12.1 Å². The quantitative estimate of drug-likeness (QED) is 0.206. The number of hydrogen-bond donors (Lipinski definition) is 3. The molecule has 6 rings (SSSR count). The minimum absolute atomic E-state index is 0.0234. The predicted molar refractivity (Wildman–Crippen MR) is 187 cm³/mol. The second kappa shape index (κ2) is 11.6. The number of carbonyl (C=O) groups is 3. The largest absolute Gasteiger partial charge is 0.478 e. The number of fused-ring (bicyclic) bond motifs is 7. The fourth-order valence-electron chi connectivity index (χ4n) is 13.0. The minimum Gasteiger partial charge on any atom is -0.478 e. The Labute approximate surface area is 282 Å². The zero-order chi connectivity index (χ0) is 34.2. The summed E-state index contributed by atoms with van der Waals surface area (Å²) < 4.78 is 0. The molecule has 1 aromatic rings. The molecular formula is C41H58N2O4. The SMILES string of the molecule is C=C(C)C1CCC2(C(=O)NCCNC(C)=O)CCC3(C)C(CCC4C5(C)CC=C(c6ccc(C(=O)O)cc6)C(C)(C)C5CCC43C)C12. The van der Waals surface area contributed by atoms with Crippen molar-refractivity contribution in [2.24, 2.45) is 56.7 Å². The number of aromatic carboxylic acids is 1. The molecule has 5 aliphatic rings. The first-order valence-electron chi connectivity index (χ1n) is 18.3. The van der Waals surface area contributed by atoms with Gasteiger partial charge in [-0.25, -0.2) is 4.79 Å². The van der Waals surface area contributed by atoms with Gasteiger partial charge in [-0.1, -0.05) is 65.0 Å². The van der Waals surface area contributed by atoms with Gasteiger partial charge in [0.1, 0.15) is 0 Å². The highest BCUT2D eigenvalue weighted by Crippen LogP contribution is 2.77. The molecule has 9 unspecified atom stereocenters. The van der Waals surface area contributed by atoms with Crippen LogP contribution in [-0.2, 0) is 9.59 Å². The van der Waals surface area contributed by atoms with E-state index in [1.165, 1.54) is 43.8 Å². The van der Waals surface area contributed by atoms with Crippen LogP contribution in [0.25, 0.3) is 5.57 Å². The third kappa shape index (κ3) is 4.97. The van der Waals surface area contributed by atoms with Gasteiger partial charge in [0.15, 0.2) is 0 Å². The molecule has 2 amide bonds. The van der Waals surface area contributed by atoms with E-state index in [9.17, 15) is 19.5 Å². The lowest BCUT2D eigenvalue weighted by molar-refractivity contribution is -0.225. The molecule has 0 spiro atoms.